The Kier molecular flexibility index (Phi) is 6.52. The molecule has 0 spiro atoms. The zero-order valence-corrected chi connectivity index (χ0v) is 14.6. The number of hydrogen-bond donors (Lipinski definition) is 2. The molecule has 25 heavy (non-hydrogen) atoms. The van der Waals surface area contributed by atoms with E-state index in [9.17, 15) is 18.4 Å². The van der Waals surface area contributed by atoms with Crippen molar-refractivity contribution in [3.63, 3.8) is 0 Å². The average molecular weight is 364 g/mol. The molecule has 0 fully saturated rings. The lowest BCUT2D eigenvalue weighted by molar-refractivity contribution is -0.119. The van der Waals surface area contributed by atoms with Crippen molar-refractivity contribution >= 4 is 29.3 Å². The van der Waals surface area contributed by atoms with Crippen LogP contribution in [0.1, 0.15) is 24.2 Å². The van der Waals surface area contributed by atoms with Crippen molar-refractivity contribution < 1.29 is 18.4 Å². The molecule has 2 aromatic rings. The van der Waals surface area contributed by atoms with Gasteiger partial charge in [0.2, 0.25) is 5.91 Å². The van der Waals surface area contributed by atoms with Crippen molar-refractivity contribution in [1.29, 1.82) is 0 Å². The van der Waals surface area contributed by atoms with Gasteiger partial charge in [0, 0.05) is 22.7 Å². The molecular formula is C18H18F2N2O2S. The van der Waals surface area contributed by atoms with Gasteiger partial charge < -0.3 is 10.6 Å². The molecule has 0 aliphatic rings. The smallest absolute Gasteiger partial charge is 0.256 e. The fraction of sp³-hybridized carbons (Fsp3) is 0.222. The van der Waals surface area contributed by atoms with Crippen LogP contribution in [0.25, 0.3) is 0 Å². The molecule has 0 aromatic heterocycles. The molecule has 2 aromatic carbocycles. The van der Waals surface area contributed by atoms with E-state index in [4.69, 9.17) is 0 Å². The molecule has 0 radical (unpaired) electrons. The highest BCUT2D eigenvalue weighted by molar-refractivity contribution is 8.00. The van der Waals surface area contributed by atoms with Gasteiger partial charge in [0.25, 0.3) is 5.91 Å². The first-order valence-corrected chi connectivity index (χ1v) is 8.63. The van der Waals surface area contributed by atoms with Crippen LogP contribution in [0.2, 0.25) is 0 Å². The van der Waals surface area contributed by atoms with Gasteiger partial charge in [-0.05, 0) is 38.1 Å². The van der Waals surface area contributed by atoms with Crippen molar-refractivity contribution in [3.8, 4) is 0 Å². The molecule has 0 atom stereocenters. The van der Waals surface area contributed by atoms with E-state index in [2.05, 4.69) is 10.6 Å². The zero-order valence-electron chi connectivity index (χ0n) is 13.8. The number of anilines is 1. The number of carbonyl (C=O) groups is 2. The first kappa shape index (κ1) is 18.9. The quantitative estimate of drug-likeness (QED) is 0.766. The van der Waals surface area contributed by atoms with Crippen LogP contribution in [-0.2, 0) is 4.79 Å². The predicted octanol–water partition coefficient (Wildman–Crippen LogP) is 3.83. The van der Waals surface area contributed by atoms with Gasteiger partial charge in [0.05, 0.1) is 11.3 Å². The Labute approximate surface area is 149 Å². The lowest BCUT2D eigenvalue weighted by Gasteiger charge is -2.11. The Morgan fingerprint density at radius 1 is 1.08 bits per heavy atom. The summed E-state index contributed by atoms with van der Waals surface area (Å²) < 4.78 is 26.2. The number of amides is 2. The molecule has 2 rings (SSSR count). The Balaban J connectivity index is 2.09. The minimum absolute atomic E-state index is 0.0417. The molecule has 2 amide bonds. The van der Waals surface area contributed by atoms with E-state index in [-0.39, 0.29) is 23.4 Å². The lowest BCUT2D eigenvalue weighted by atomic mass is 10.2. The Morgan fingerprint density at radius 3 is 2.48 bits per heavy atom. The van der Waals surface area contributed by atoms with E-state index in [1.807, 2.05) is 13.8 Å². The minimum atomic E-state index is -1.04. The van der Waals surface area contributed by atoms with Gasteiger partial charge >= 0.3 is 0 Å². The topological polar surface area (TPSA) is 58.2 Å². The first-order valence-electron chi connectivity index (χ1n) is 7.64. The molecule has 0 unspecified atom stereocenters. The number of halogens is 2. The Hall–Kier alpha value is -2.41. The van der Waals surface area contributed by atoms with Gasteiger partial charge in [-0.3, -0.25) is 9.59 Å². The summed E-state index contributed by atoms with van der Waals surface area (Å²) in [4.78, 5) is 24.8. The number of carbonyl (C=O) groups excluding carboxylic acids is 2. The molecule has 0 aliphatic carbocycles. The fourth-order valence-corrected chi connectivity index (χ4v) is 2.92. The first-order chi connectivity index (χ1) is 11.9. The van der Waals surface area contributed by atoms with E-state index < -0.39 is 17.5 Å². The van der Waals surface area contributed by atoms with Crippen molar-refractivity contribution in [3.05, 3.63) is 59.7 Å². The number of benzene rings is 2. The number of thioether (sulfide) groups is 1. The summed E-state index contributed by atoms with van der Waals surface area (Å²) in [6.07, 6.45) is 0. The average Bonchev–Trinajstić information content (AvgIpc) is 2.56. The third-order valence-electron chi connectivity index (χ3n) is 3.12. The van der Waals surface area contributed by atoms with Crippen LogP contribution in [0, 0.1) is 11.6 Å². The van der Waals surface area contributed by atoms with Crippen molar-refractivity contribution in [2.75, 3.05) is 11.1 Å². The highest BCUT2D eigenvalue weighted by atomic mass is 32.2. The molecule has 4 nitrogen and oxygen atoms in total. The second kappa shape index (κ2) is 8.62. The Morgan fingerprint density at radius 2 is 1.80 bits per heavy atom. The maximum Gasteiger partial charge on any atom is 0.256 e. The predicted molar refractivity (Wildman–Crippen MR) is 94.8 cm³/mol. The summed E-state index contributed by atoms with van der Waals surface area (Å²) in [6, 6.07) is 9.98. The maximum atomic E-state index is 13.3. The van der Waals surface area contributed by atoms with Crippen LogP contribution in [0.4, 0.5) is 14.5 Å². The van der Waals surface area contributed by atoms with Crippen molar-refractivity contribution in [1.82, 2.24) is 5.32 Å². The molecule has 2 N–H and O–H groups in total. The summed E-state index contributed by atoms with van der Waals surface area (Å²) in [5, 5.41) is 5.30. The van der Waals surface area contributed by atoms with Crippen LogP contribution in [0.3, 0.4) is 0 Å². The second-order valence-corrected chi connectivity index (χ2v) is 6.61. The van der Waals surface area contributed by atoms with Gasteiger partial charge in [-0.25, -0.2) is 8.78 Å². The van der Waals surface area contributed by atoms with Crippen molar-refractivity contribution in [2.24, 2.45) is 0 Å². The normalized spacial score (nSPS) is 10.6. The highest BCUT2D eigenvalue weighted by Gasteiger charge is 2.14. The van der Waals surface area contributed by atoms with Crippen LogP contribution in [-0.4, -0.2) is 23.6 Å². The summed E-state index contributed by atoms with van der Waals surface area (Å²) >= 11 is 1.23. The third-order valence-corrected chi connectivity index (χ3v) is 4.19. The summed E-state index contributed by atoms with van der Waals surface area (Å²) in [5.74, 6) is -2.43. The SMILES string of the molecule is CC(C)NC(=O)CSc1ccccc1C(=O)Nc1ccc(F)c(F)c1. The van der Waals surface area contributed by atoms with Crippen molar-refractivity contribution in [2.45, 2.75) is 24.8 Å². The minimum Gasteiger partial charge on any atom is -0.353 e. The summed E-state index contributed by atoms with van der Waals surface area (Å²) in [6.45, 7) is 3.73. The summed E-state index contributed by atoms with van der Waals surface area (Å²) in [7, 11) is 0. The number of hydrogen-bond acceptors (Lipinski definition) is 3. The number of nitrogens with one attached hydrogen (secondary N) is 2. The monoisotopic (exact) mass is 364 g/mol. The van der Waals surface area contributed by atoms with Crippen LogP contribution in [0.15, 0.2) is 47.4 Å². The van der Waals surface area contributed by atoms with E-state index in [0.717, 1.165) is 12.1 Å². The molecule has 0 saturated heterocycles. The van der Waals surface area contributed by atoms with Crippen LogP contribution >= 0.6 is 11.8 Å². The highest BCUT2D eigenvalue weighted by Crippen LogP contribution is 2.24. The largest absolute Gasteiger partial charge is 0.353 e. The van der Waals surface area contributed by atoms with E-state index >= 15 is 0 Å². The third kappa shape index (κ3) is 5.56. The van der Waals surface area contributed by atoms with E-state index in [1.54, 1.807) is 24.3 Å². The standard InChI is InChI=1S/C18H18F2N2O2S/c1-11(2)21-17(23)10-25-16-6-4-3-5-13(16)18(24)22-12-7-8-14(19)15(20)9-12/h3-9,11H,10H2,1-2H3,(H,21,23)(H,22,24). The zero-order chi connectivity index (χ0) is 18.4. The summed E-state index contributed by atoms with van der Waals surface area (Å²) in [5.41, 5.74) is 0.510. The van der Waals surface area contributed by atoms with Gasteiger partial charge in [0.1, 0.15) is 0 Å². The number of rotatable bonds is 6. The molecule has 132 valence electrons. The van der Waals surface area contributed by atoms with Crippen LogP contribution < -0.4 is 10.6 Å². The second-order valence-electron chi connectivity index (χ2n) is 5.59. The Bertz CT molecular complexity index is 781. The molecular weight excluding hydrogens is 346 g/mol. The van der Waals surface area contributed by atoms with E-state index in [1.165, 1.54) is 17.8 Å². The lowest BCUT2D eigenvalue weighted by Crippen LogP contribution is -2.31. The van der Waals surface area contributed by atoms with Gasteiger partial charge in [-0.2, -0.15) is 0 Å². The van der Waals surface area contributed by atoms with Gasteiger partial charge in [-0.15, -0.1) is 11.8 Å². The van der Waals surface area contributed by atoms with E-state index in [0.29, 0.717) is 10.5 Å². The van der Waals surface area contributed by atoms with Gasteiger partial charge in [-0.1, -0.05) is 12.1 Å². The fourth-order valence-electron chi connectivity index (χ4n) is 2.06. The maximum absolute atomic E-state index is 13.3. The molecule has 0 aliphatic heterocycles. The molecule has 0 bridgehead atoms. The van der Waals surface area contributed by atoms with Crippen LogP contribution in [0.5, 0.6) is 0 Å². The molecule has 7 heteroatoms. The molecule has 0 saturated carbocycles. The van der Waals surface area contributed by atoms with Gasteiger partial charge in [0.15, 0.2) is 11.6 Å². The molecule has 0 heterocycles.